The summed E-state index contributed by atoms with van der Waals surface area (Å²) in [4.78, 5) is 28.2. The van der Waals surface area contributed by atoms with Crippen molar-refractivity contribution in [1.82, 2.24) is 10.2 Å². The third-order valence-corrected chi connectivity index (χ3v) is 8.97. The van der Waals surface area contributed by atoms with Gasteiger partial charge in [0, 0.05) is 29.2 Å². The first-order valence-corrected chi connectivity index (χ1v) is 15.4. The van der Waals surface area contributed by atoms with Gasteiger partial charge in [-0.05, 0) is 62.2 Å². The molecule has 0 fully saturated rings. The van der Waals surface area contributed by atoms with Gasteiger partial charge < -0.3 is 19.7 Å². The summed E-state index contributed by atoms with van der Waals surface area (Å²) < 4.78 is 39.8. The van der Waals surface area contributed by atoms with Crippen LogP contribution >= 0.6 is 23.2 Å². The topological polar surface area (TPSA) is 105 Å². The molecule has 0 aliphatic rings. The molecule has 0 aromatic heterocycles. The Kier molecular flexibility index (Phi) is 11.5. The minimum atomic E-state index is -4.29. The number of hydrogen-bond acceptors (Lipinski definition) is 6. The Balaban J connectivity index is 2.07. The zero-order valence-corrected chi connectivity index (χ0v) is 26.5. The van der Waals surface area contributed by atoms with Crippen LogP contribution < -0.4 is 19.1 Å². The van der Waals surface area contributed by atoms with Crippen molar-refractivity contribution in [3.63, 3.8) is 0 Å². The molecular weight excluding hydrogens is 601 g/mol. The third kappa shape index (κ3) is 7.87. The number of nitrogens with zero attached hydrogens (tertiary/aromatic N) is 2. The van der Waals surface area contributed by atoms with Crippen LogP contribution in [0.5, 0.6) is 11.5 Å². The van der Waals surface area contributed by atoms with E-state index in [2.05, 4.69) is 5.32 Å². The van der Waals surface area contributed by atoms with E-state index in [1.165, 1.54) is 37.3 Å². The van der Waals surface area contributed by atoms with E-state index >= 15 is 0 Å². The Bertz CT molecular complexity index is 1520. The predicted molar refractivity (Wildman–Crippen MR) is 165 cm³/mol. The van der Waals surface area contributed by atoms with Gasteiger partial charge in [-0.25, -0.2) is 8.42 Å². The first-order chi connectivity index (χ1) is 19.9. The summed E-state index contributed by atoms with van der Waals surface area (Å²) in [7, 11) is -1.44. The SMILES string of the molecule is CCCNC(=O)C(C)N(Cc1ccc(Cl)cc1Cl)C(=O)CN(c1ccc(C)cc1)S(=O)(=O)c1ccc(OC)c(OC)c1. The fraction of sp³-hybridized carbons (Fsp3) is 0.333. The lowest BCUT2D eigenvalue weighted by Gasteiger charge is -2.32. The maximum atomic E-state index is 14.1. The normalized spacial score (nSPS) is 11.9. The van der Waals surface area contributed by atoms with Crippen LogP contribution in [0.1, 0.15) is 31.4 Å². The monoisotopic (exact) mass is 635 g/mol. The van der Waals surface area contributed by atoms with Crippen LogP contribution in [-0.4, -0.2) is 58.5 Å². The Morgan fingerprint density at radius 1 is 0.952 bits per heavy atom. The molecule has 0 heterocycles. The largest absolute Gasteiger partial charge is 0.493 e. The number of halogens is 2. The Morgan fingerprint density at radius 3 is 2.21 bits per heavy atom. The number of amides is 2. The fourth-order valence-electron chi connectivity index (χ4n) is 4.16. The summed E-state index contributed by atoms with van der Waals surface area (Å²) in [5, 5.41) is 3.54. The first kappa shape index (κ1) is 33.0. The Hall–Kier alpha value is -3.47. The second-order valence-corrected chi connectivity index (χ2v) is 12.3. The number of nitrogens with one attached hydrogen (secondary N) is 1. The zero-order chi connectivity index (χ0) is 31.0. The highest BCUT2D eigenvalue weighted by atomic mass is 35.5. The van der Waals surface area contributed by atoms with Crippen molar-refractivity contribution in [1.29, 1.82) is 0 Å². The minimum absolute atomic E-state index is 0.0479. The lowest BCUT2D eigenvalue weighted by Crippen LogP contribution is -2.51. The van der Waals surface area contributed by atoms with Crippen molar-refractivity contribution >= 4 is 50.7 Å². The lowest BCUT2D eigenvalue weighted by molar-refractivity contribution is -0.139. The molecular formula is C30H35Cl2N3O6S. The van der Waals surface area contributed by atoms with Gasteiger partial charge in [0.2, 0.25) is 11.8 Å². The summed E-state index contributed by atoms with van der Waals surface area (Å²) in [6.07, 6.45) is 0.709. The van der Waals surface area contributed by atoms with Gasteiger partial charge >= 0.3 is 0 Å². The van der Waals surface area contributed by atoms with Gasteiger partial charge in [-0.2, -0.15) is 0 Å². The molecule has 0 bridgehead atoms. The van der Waals surface area contributed by atoms with Gasteiger partial charge in [0.25, 0.3) is 10.0 Å². The number of rotatable bonds is 13. The van der Waals surface area contributed by atoms with Gasteiger partial charge in [-0.15, -0.1) is 0 Å². The smallest absolute Gasteiger partial charge is 0.264 e. The number of ether oxygens (including phenoxy) is 2. The predicted octanol–water partition coefficient (Wildman–Crippen LogP) is 5.46. The second-order valence-electron chi connectivity index (χ2n) is 9.59. The van der Waals surface area contributed by atoms with Crippen molar-refractivity contribution in [2.24, 2.45) is 0 Å². The maximum absolute atomic E-state index is 14.1. The number of benzene rings is 3. The van der Waals surface area contributed by atoms with Gasteiger partial charge in [-0.3, -0.25) is 13.9 Å². The van der Waals surface area contributed by atoms with Crippen LogP contribution in [0.25, 0.3) is 0 Å². The standard InChI is InChI=1S/C30H35Cl2N3O6S/c1-6-15-33-30(37)21(3)34(18-22-9-10-23(31)16-26(22)32)29(36)19-35(24-11-7-20(2)8-12-24)42(38,39)25-13-14-27(40-4)28(17-25)41-5/h7-14,16-17,21H,6,15,18-19H2,1-5H3,(H,33,37). The Morgan fingerprint density at radius 2 is 1.62 bits per heavy atom. The summed E-state index contributed by atoms with van der Waals surface area (Å²) >= 11 is 12.5. The van der Waals surface area contributed by atoms with E-state index in [1.807, 2.05) is 13.8 Å². The van der Waals surface area contributed by atoms with Crippen LogP contribution in [0.15, 0.2) is 65.6 Å². The van der Waals surface area contributed by atoms with Gasteiger partial charge in [0.1, 0.15) is 12.6 Å². The summed E-state index contributed by atoms with van der Waals surface area (Å²) in [5.41, 5.74) is 1.74. The molecule has 3 rings (SSSR count). The van der Waals surface area contributed by atoms with Crippen LogP contribution in [0, 0.1) is 6.92 Å². The summed E-state index contributed by atoms with van der Waals surface area (Å²) in [6, 6.07) is 14.9. The molecule has 0 radical (unpaired) electrons. The minimum Gasteiger partial charge on any atom is -0.493 e. The van der Waals surface area contributed by atoms with E-state index < -0.39 is 28.5 Å². The van der Waals surface area contributed by atoms with E-state index in [1.54, 1.807) is 49.4 Å². The van der Waals surface area contributed by atoms with Crippen molar-refractivity contribution in [2.45, 2.75) is 44.7 Å². The highest BCUT2D eigenvalue weighted by Gasteiger charge is 2.33. The number of hydrogen-bond donors (Lipinski definition) is 1. The van der Waals surface area contributed by atoms with Crippen LogP contribution in [0.4, 0.5) is 5.69 Å². The molecule has 226 valence electrons. The molecule has 0 saturated heterocycles. The second kappa shape index (κ2) is 14.6. The number of sulfonamides is 1. The third-order valence-electron chi connectivity index (χ3n) is 6.62. The zero-order valence-electron chi connectivity index (χ0n) is 24.2. The molecule has 42 heavy (non-hydrogen) atoms. The van der Waals surface area contributed by atoms with Gasteiger partial charge in [0.05, 0.1) is 24.8 Å². The highest BCUT2D eigenvalue weighted by molar-refractivity contribution is 7.92. The van der Waals surface area contributed by atoms with Crippen molar-refractivity contribution in [3.05, 3.63) is 81.8 Å². The first-order valence-electron chi connectivity index (χ1n) is 13.3. The van der Waals surface area contributed by atoms with Crippen molar-refractivity contribution in [2.75, 3.05) is 31.6 Å². The van der Waals surface area contributed by atoms with E-state index in [-0.39, 0.29) is 28.8 Å². The van der Waals surface area contributed by atoms with Crippen LogP contribution in [0.2, 0.25) is 10.0 Å². The molecule has 0 aliphatic heterocycles. The van der Waals surface area contributed by atoms with Gasteiger partial charge in [-0.1, -0.05) is 53.9 Å². The van der Waals surface area contributed by atoms with E-state index in [4.69, 9.17) is 32.7 Å². The molecule has 3 aromatic carbocycles. The number of aryl methyl sites for hydroxylation is 1. The number of carbonyl (C=O) groups is 2. The van der Waals surface area contributed by atoms with E-state index in [0.717, 1.165) is 9.87 Å². The van der Waals surface area contributed by atoms with Crippen LogP contribution in [-0.2, 0) is 26.2 Å². The molecule has 0 aliphatic carbocycles. The lowest BCUT2D eigenvalue weighted by atomic mass is 10.1. The molecule has 9 nitrogen and oxygen atoms in total. The van der Waals surface area contributed by atoms with E-state index in [0.29, 0.717) is 34.3 Å². The maximum Gasteiger partial charge on any atom is 0.264 e. The Labute approximate surface area is 257 Å². The van der Waals surface area contributed by atoms with Crippen molar-refractivity contribution in [3.8, 4) is 11.5 Å². The molecule has 1 atom stereocenters. The molecule has 1 unspecified atom stereocenters. The highest BCUT2D eigenvalue weighted by Crippen LogP contribution is 2.32. The molecule has 0 saturated carbocycles. The van der Waals surface area contributed by atoms with Crippen molar-refractivity contribution < 1.29 is 27.5 Å². The molecule has 2 amide bonds. The molecule has 0 spiro atoms. The molecule has 12 heteroatoms. The number of carbonyl (C=O) groups excluding carboxylic acids is 2. The number of anilines is 1. The van der Waals surface area contributed by atoms with E-state index in [9.17, 15) is 18.0 Å². The quantitative estimate of drug-likeness (QED) is 0.267. The average Bonchev–Trinajstić information content (AvgIpc) is 2.97. The van der Waals surface area contributed by atoms with Gasteiger partial charge in [0.15, 0.2) is 11.5 Å². The fourth-order valence-corrected chi connectivity index (χ4v) is 6.05. The summed E-state index contributed by atoms with van der Waals surface area (Å²) in [6.45, 7) is 5.17. The average molecular weight is 637 g/mol. The molecule has 3 aromatic rings. The van der Waals surface area contributed by atoms with Crippen LogP contribution in [0.3, 0.4) is 0 Å². The number of methoxy groups -OCH3 is 2. The summed E-state index contributed by atoms with van der Waals surface area (Å²) in [5.74, 6) is -0.411. The molecule has 1 N–H and O–H groups in total.